The van der Waals surface area contributed by atoms with Gasteiger partial charge in [-0.3, -0.25) is 13.5 Å². The van der Waals surface area contributed by atoms with Gasteiger partial charge in [0.05, 0.1) is 5.41 Å². The first-order valence-electron chi connectivity index (χ1n) is 12.0. The van der Waals surface area contributed by atoms with E-state index in [4.69, 9.17) is 4.99 Å². The van der Waals surface area contributed by atoms with Crippen molar-refractivity contribution < 1.29 is 9.59 Å². The highest BCUT2D eigenvalue weighted by Crippen LogP contribution is 2.56. The van der Waals surface area contributed by atoms with Gasteiger partial charge in [-0.05, 0) is 82.7 Å². The Hall–Kier alpha value is -1.43. The molecule has 0 spiro atoms. The van der Waals surface area contributed by atoms with Crippen LogP contribution in [0.2, 0.25) is 0 Å². The molecule has 0 radical (unpaired) electrons. The van der Waals surface area contributed by atoms with Crippen molar-refractivity contribution in [3.8, 4) is 0 Å². The first-order chi connectivity index (χ1) is 14.4. The average Bonchev–Trinajstić information content (AvgIpc) is 3.15. The second-order valence-corrected chi connectivity index (χ2v) is 12.3. The third kappa shape index (κ3) is 4.69. The topological polar surface area (TPSA) is 63.5 Å². The molecule has 0 aromatic carbocycles. The van der Waals surface area contributed by atoms with Crippen LogP contribution >= 0.6 is 11.5 Å². The lowest BCUT2D eigenvalue weighted by Crippen LogP contribution is -2.48. The van der Waals surface area contributed by atoms with Gasteiger partial charge in [-0.2, -0.15) is 0 Å². The number of nitrogens with zero attached hydrogens (tertiary/aromatic N) is 2. The normalized spacial score (nSPS) is 26.7. The highest BCUT2D eigenvalue weighted by Gasteiger charge is 2.58. The fourth-order valence-electron chi connectivity index (χ4n) is 4.75. The molecule has 5 nitrogen and oxygen atoms in total. The van der Waals surface area contributed by atoms with Crippen LogP contribution in [0.3, 0.4) is 0 Å². The molecule has 0 aliphatic heterocycles. The number of aromatic nitrogens is 1. The van der Waals surface area contributed by atoms with Crippen LogP contribution in [0.25, 0.3) is 0 Å². The molecule has 1 aromatic rings. The summed E-state index contributed by atoms with van der Waals surface area (Å²) in [5.74, 6) is -0.0895. The largest absolute Gasteiger partial charge is 0.353 e. The highest BCUT2D eigenvalue weighted by molar-refractivity contribution is 7.04. The number of amides is 2. The molecular weight excluding hydrogens is 406 g/mol. The number of carbonyl (C=O) groups is 2. The number of hydrogen-bond acceptors (Lipinski definition) is 3. The molecule has 2 saturated carbocycles. The monoisotopic (exact) mass is 447 g/mol. The molecule has 2 fully saturated rings. The van der Waals surface area contributed by atoms with E-state index >= 15 is 0 Å². The Balaban J connectivity index is 1.88. The van der Waals surface area contributed by atoms with E-state index in [-0.39, 0.29) is 23.3 Å². The standard InChI is InChI=1S/C25H41N3O2S/c1-8-9-11-17-16-28(23(2,3)4)31-21(17)27-22(30)25(7)15-14-19(24(25,5)6)20(29)26-18-12-10-13-18/h16,18-19H,8-15H2,1-7H3,(H,26,29)/t19-,25+/m1/s1. The molecule has 0 saturated heterocycles. The Morgan fingerprint density at radius 1 is 1.23 bits per heavy atom. The predicted molar refractivity (Wildman–Crippen MR) is 127 cm³/mol. The molecule has 2 aliphatic carbocycles. The second-order valence-electron chi connectivity index (χ2n) is 11.3. The van der Waals surface area contributed by atoms with E-state index in [0.717, 1.165) is 48.8 Å². The fourth-order valence-corrected chi connectivity index (χ4v) is 5.78. The third-order valence-corrected chi connectivity index (χ3v) is 9.24. The summed E-state index contributed by atoms with van der Waals surface area (Å²) in [6.07, 6.45) is 10.1. The van der Waals surface area contributed by atoms with E-state index in [1.54, 1.807) is 11.5 Å². The predicted octanol–water partition coefficient (Wildman–Crippen LogP) is 5.19. The van der Waals surface area contributed by atoms with Gasteiger partial charge in [-0.1, -0.05) is 34.1 Å². The van der Waals surface area contributed by atoms with Crippen LogP contribution < -0.4 is 9.99 Å². The van der Waals surface area contributed by atoms with Crippen LogP contribution in [-0.4, -0.2) is 21.8 Å². The zero-order valence-corrected chi connectivity index (χ0v) is 21.3. The second kappa shape index (κ2) is 8.84. The lowest BCUT2D eigenvalue weighted by Gasteiger charge is -2.39. The van der Waals surface area contributed by atoms with Crippen LogP contribution in [0.1, 0.15) is 99.0 Å². The average molecular weight is 448 g/mol. The molecule has 174 valence electrons. The van der Waals surface area contributed by atoms with Gasteiger partial charge in [0.1, 0.15) is 4.67 Å². The molecule has 31 heavy (non-hydrogen) atoms. The zero-order valence-electron chi connectivity index (χ0n) is 20.5. The van der Waals surface area contributed by atoms with Gasteiger partial charge in [0.15, 0.2) is 0 Å². The van der Waals surface area contributed by atoms with Crippen molar-refractivity contribution in [3.63, 3.8) is 0 Å². The van der Waals surface area contributed by atoms with Gasteiger partial charge in [0.25, 0.3) is 5.91 Å². The summed E-state index contributed by atoms with van der Waals surface area (Å²) in [5, 5.41) is 3.21. The maximum Gasteiger partial charge on any atom is 0.253 e. The number of aryl methyl sites for hydroxylation is 1. The maximum atomic E-state index is 13.6. The minimum atomic E-state index is -0.632. The Labute approximate surface area is 191 Å². The van der Waals surface area contributed by atoms with E-state index in [2.05, 4.69) is 57.0 Å². The molecule has 1 aromatic heterocycles. The molecule has 2 aliphatic rings. The molecule has 2 atom stereocenters. The van der Waals surface area contributed by atoms with Gasteiger partial charge in [0.2, 0.25) is 5.91 Å². The number of nitrogens with one attached hydrogen (secondary N) is 1. The Bertz CT molecular complexity index is 885. The van der Waals surface area contributed by atoms with E-state index in [0.29, 0.717) is 12.5 Å². The zero-order chi connectivity index (χ0) is 23.0. The smallest absolute Gasteiger partial charge is 0.253 e. The minimum Gasteiger partial charge on any atom is -0.353 e. The van der Waals surface area contributed by atoms with Crippen LogP contribution in [0.5, 0.6) is 0 Å². The summed E-state index contributed by atoms with van der Waals surface area (Å²) in [4.78, 5) is 31.3. The number of hydrogen-bond donors (Lipinski definition) is 1. The lowest BCUT2D eigenvalue weighted by molar-refractivity contribution is -0.136. The van der Waals surface area contributed by atoms with Gasteiger partial charge in [0, 0.05) is 29.3 Å². The molecule has 2 amide bonds. The summed E-state index contributed by atoms with van der Waals surface area (Å²) in [6, 6.07) is 0.329. The minimum absolute atomic E-state index is 0.0380. The SMILES string of the molecule is CCCCc1cn(C(C)(C)C)sc1=NC(=O)[C@]1(C)CC[C@H](C(=O)NC2CCC2)C1(C)C. The highest BCUT2D eigenvalue weighted by atomic mass is 32.1. The van der Waals surface area contributed by atoms with Crippen LogP contribution in [-0.2, 0) is 21.5 Å². The van der Waals surface area contributed by atoms with E-state index < -0.39 is 10.8 Å². The number of rotatable bonds is 6. The fraction of sp³-hybridized carbons (Fsp3) is 0.800. The Morgan fingerprint density at radius 2 is 1.90 bits per heavy atom. The van der Waals surface area contributed by atoms with Crippen molar-refractivity contribution in [2.75, 3.05) is 0 Å². The van der Waals surface area contributed by atoms with Gasteiger partial charge >= 0.3 is 0 Å². The molecule has 6 heteroatoms. The summed E-state index contributed by atoms with van der Waals surface area (Å²) in [5.41, 5.74) is 0.0629. The van der Waals surface area contributed by atoms with Crippen molar-refractivity contribution >= 4 is 23.3 Å². The Kier molecular flexibility index (Phi) is 6.90. The maximum absolute atomic E-state index is 13.6. The molecule has 0 unspecified atom stereocenters. The van der Waals surface area contributed by atoms with Gasteiger partial charge in [-0.15, -0.1) is 0 Å². The van der Waals surface area contributed by atoms with E-state index in [1.165, 1.54) is 6.42 Å². The summed E-state index contributed by atoms with van der Waals surface area (Å²) >= 11 is 1.58. The summed E-state index contributed by atoms with van der Waals surface area (Å²) in [6.45, 7) is 14.9. The quantitative estimate of drug-likeness (QED) is 0.652. The molecule has 1 heterocycles. The number of unbranched alkanes of at least 4 members (excludes halogenated alkanes) is 1. The Morgan fingerprint density at radius 3 is 2.45 bits per heavy atom. The van der Waals surface area contributed by atoms with Gasteiger partial charge < -0.3 is 5.32 Å². The van der Waals surface area contributed by atoms with Crippen molar-refractivity contribution in [1.82, 2.24) is 9.27 Å². The van der Waals surface area contributed by atoms with Crippen molar-refractivity contribution in [2.45, 2.75) is 111 Å². The molecular formula is C25H41N3O2S. The van der Waals surface area contributed by atoms with E-state index in [1.807, 2.05) is 6.92 Å². The van der Waals surface area contributed by atoms with Crippen molar-refractivity contribution in [1.29, 1.82) is 0 Å². The first-order valence-corrected chi connectivity index (χ1v) is 12.8. The first kappa shape index (κ1) is 24.2. The van der Waals surface area contributed by atoms with Crippen LogP contribution in [0.4, 0.5) is 0 Å². The molecule has 1 N–H and O–H groups in total. The number of carbonyl (C=O) groups excluding carboxylic acids is 2. The summed E-state index contributed by atoms with van der Waals surface area (Å²) in [7, 11) is 0. The summed E-state index contributed by atoms with van der Waals surface area (Å²) < 4.78 is 3.05. The van der Waals surface area contributed by atoms with Crippen molar-refractivity contribution in [3.05, 3.63) is 16.4 Å². The van der Waals surface area contributed by atoms with Gasteiger partial charge in [-0.25, -0.2) is 4.99 Å². The van der Waals surface area contributed by atoms with E-state index in [9.17, 15) is 9.59 Å². The third-order valence-electron chi connectivity index (χ3n) is 7.86. The molecule has 0 bridgehead atoms. The van der Waals surface area contributed by atoms with Crippen LogP contribution in [0, 0.1) is 16.7 Å². The van der Waals surface area contributed by atoms with Crippen molar-refractivity contribution in [2.24, 2.45) is 21.7 Å². The lowest BCUT2D eigenvalue weighted by atomic mass is 9.65. The van der Waals surface area contributed by atoms with Crippen LogP contribution in [0.15, 0.2) is 11.2 Å². The molecule has 3 rings (SSSR count).